The molecule has 0 atom stereocenters. The van der Waals surface area contributed by atoms with E-state index >= 15 is 0 Å². The average molecular weight is 341 g/mol. The van der Waals surface area contributed by atoms with Gasteiger partial charge in [0, 0.05) is 29.2 Å². The highest BCUT2D eigenvalue weighted by Gasteiger charge is 2.18. The normalized spacial score (nSPS) is 10.0. The molecule has 0 saturated heterocycles. The summed E-state index contributed by atoms with van der Waals surface area (Å²) in [5, 5.41) is 31.9. The van der Waals surface area contributed by atoms with Crippen molar-refractivity contribution in [3.05, 3.63) is 52.7 Å². The van der Waals surface area contributed by atoms with Crippen molar-refractivity contribution in [2.24, 2.45) is 0 Å². The van der Waals surface area contributed by atoms with E-state index in [1.54, 1.807) is 0 Å². The second kappa shape index (κ2) is 7.25. The number of hydrogen-bond acceptors (Lipinski definition) is 6. The topological polar surface area (TPSA) is 138 Å². The molecule has 2 heterocycles. The Morgan fingerprint density at radius 1 is 1.12 bits per heavy atom. The maximum absolute atomic E-state index is 9.47. The van der Waals surface area contributed by atoms with E-state index in [1.165, 1.54) is 0 Å². The van der Waals surface area contributed by atoms with Gasteiger partial charge in [-0.25, -0.2) is 4.98 Å². The van der Waals surface area contributed by atoms with Gasteiger partial charge in [0.15, 0.2) is 0 Å². The number of nitrogens with zero attached hydrogens (tertiary/aromatic N) is 4. The lowest BCUT2D eigenvalue weighted by Gasteiger charge is -2.12. The Hall–Kier alpha value is -4.02. The van der Waals surface area contributed by atoms with Crippen molar-refractivity contribution in [3.8, 4) is 18.2 Å². The van der Waals surface area contributed by atoms with Crippen molar-refractivity contribution in [2.45, 2.75) is 12.8 Å². The first-order valence-electron chi connectivity index (χ1n) is 7.98. The van der Waals surface area contributed by atoms with Gasteiger partial charge in [-0.05, 0) is 18.1 Å². The molecule has 0 saturated carbocycles. The third kappa shape index (κ3) is 3.00. The van der Waals surface area contributed by atoms with Crippen molar-refractivity contribution in [1.29, 1.82) is 15.8 Å². The summed E-state index contributed by atoms with van der Waals surface area (Å²) in [4.78, 5) is 7.36. The van der Waals surface area contributed by atoms with E-state index in [0.717, 1.165) is 16.5 Å². The van der Waals surface area contributed by atoms with Crippen LogP contribution in [0.15, 0.2) is 30.5 Å². The van der Waals surface area contributed by atoms with Crippen molar-refractivity contribution in [3.63, 3.8) is 0 Å². The molecule has 0 spiro atoms. The fourth-order valence-corrected chi connectivity index (χ4v) is 2.94. The van der Waals surface area contributed by atoms with Crippen LogP contribution in [0, 0.1) is 34.0 Å². The molecular formula is C19H15N7. The molecule has 0 aliphatic rings. The van der Waals surface area contributed by atoms with Crippen molar-refractivity contribution >= 4 is 22.5 Å². The number of benzene rings is 1. The molecule has 126 valence electrons. The lowest BCUT2D eigenvalue weighted by Crippen LogP contribution is -2.12. The smallest absolute Gasteiger partial charge is 0.146 e. The standard InChI is InChI=1S/C19H15N7/c20-7-5-14-15(9-21)18(23)26-19(16(14)10-22)24-8-6-12-11-25-17-4-2-1-3-13(12)17/h1-4,11,25H,5-6,8H2,(H3,23,24,26). The predicted octanol–water partition coefficient (Wildman–Crippen LogP) is 2.61. The third-order valence-corrected chi connectivity index (χ3v) is 4.17. The first kappa shape index (κ1) is 16.8. The molecule has 7 heteroatoms. The van der Waals surface area contributed by atoms with E-state index in [9.17, 15) is 10.5 Å². The maximum Gasteiger partial charge on any atom is 0.146 e. The van der Waals surface area contributed by atoms with Crippen LogP contribution < -0.4 is 11.1 Å². The van der Waals surface area contributed by atoms with Crippen LogP contribution in [-0.4, -0.2) is 16.5 Å². The Labute approximate surface area is 150 Å². The number of aromatic amines is 1. The summed E-state index contributed by atoms with van der Waals surface area (Å²) in [6.45, 7) is 0.529. The van der Waals surface area contributed by atoms with Gasteiger partial charge in [0.05, 0.1) is 18.1 Å². The number of H-pyrrole nitrogens is 1. The minimum absolute atomic E-state index is 0.0198. The molecule has 0 fully saturated rings. The van der Waals surface area contributed by atoms with Gasteiger partial charge >= 0.3 is 0 Å². The Kier molecular flexibility index (Phi) is 4.69. The molecular weight excluding hydrogens is 326 g/mol. The molecule has 0 radical (unpaired) electrons. The zero-order chi connectivity index (χ0) is 18.5. The minimum atomic E-state index is -0.0738. The zero-order valence-electron chi connectivity index (χ0n) is 13.9. The van der Waals surface area contributed by atoms with Gasteiger partial charge in [0.25, 0.3) is 0 Å². The highest BCUT2D eigenvalue weighted by Crippen LogP contribution is 2.25. The highest BCUT2D eigenvalue weighted by atomic mass is 15.0. The minimum Gasteiger partial charge on any atom is -0.383 e. The number of aromatic nitrogens is 2. The van der Waals surface area contributed by atoms with Crippen LogP contribution in [-0.2, 0) is 12.8 Å². The lowest BCUT2D eigenvalue weighted by atomic mass is 10.0. The number of nitriles is 3. The van der Waals surface area contributed by atoms with Crippen molar-refractivity contribution < 1.29 is 0 Å². The van der Waals surface area contributed by atoms with Gasteiger partial charge < -0.3 is 16.0 Å². The Balaban J connectivity index is 1.85. The molecule has 3 aromatic rings. The third-order valence-electron chi connectivity index (χ3n) is 4.17. The predicted molar refractivity (Wildman–Crippen MR) is 97.9 cm³/mol. The number of fused-ring (bicyclic) bond motifs is 1. The zero-order valence-corrected chi connectivity index (χ0v) is 13.9. The van der Waals surface area contributed by atoms with E-state index < -0.39 is 0 Å². The van der Waals surface area contributed by atoms with Crippen molar-refractivity contribution in [2.75, 3.05) is 17.6 Å². The lowest BCUT2D eigenvalue weighted by molar-refractivity contribution is 1.01. The van der Waals surface area contributed by atoms with E-state index in [0.29, 0.717) is 24.3 Å². The number of hydrogen-bond donors (Lipinski definition) is 3. The van der Waals surface area contributed by atoms with Crippen LogP contribution in [0.1, 0.15) is 22.3 Å². The van der Waals surface area contributed by atoms with Crippen LogP contribution in [0.5, 0.6) is 0 Å². The number of para-hydroxylation sites is 1. The van der Waals surface area contributed by atoms with Gasteiger partial charge in [-0.1, -0.05) is 18.2 Å². The number of nitrogens with two attached hydrogens (primary N) is 1. The maximum atomic E-state index is 9.47. The van der Waals surface area contributed by atoms with Crippen LogP contribution in [0.25, 0.3) is 10.9 Å². The summed E-state index contributed by atoms with van der Waals surface area (Å²) >= 11 is 0. The van der Waals surface area contributed by atoms with Crippen LogP contribution in [0.2, 0.25) is 0 Å². The molecule has 0 amide bonds. The number of pyridine rings is 1. The quantitative estimate of drug-likeness (QED) is 0.652. The molecule has 0 unspecified atom stereocenters. The number of anilines is 2. The Morgan fingerprint density at radius 3 is 2.62 bits per heavy atom. The SMILES string of the molecule is N#CCc1c(C#N)c(N)nc(NCCc2c[nH]c3ccccc23)c1C#N. The second-order valence-corrected chi connectivity index (χ2v) is 5.67. The monoisotopic (exact) mass is 341 g/mol. The molecule has 26 heavy (non-hydrogen) atoms. The molecule has 1 aromatic carbocycles. The summed E-state index contributed by atoms with van der Waals surface area (Å²) in [6.07, 6.45) is 2.60. The van der Waals surface area contributed by atoms with Crippen LogP contribution in [0.3, 0.4) is 0 Å². The van der Waals surface area contributed by atoms with Gasteiger partial charge in [-0.15, -0.1) is 0 Å². The number of nitrogen functional groups attached to an aromatic ring is 1. The summed E-state index contributed by atoms with van der Waals surface area (Å²) in [5.41, 5.74) is 8.64. The average Bonchev–Trinajstić information content (AvgIpc) is 3.05. The number of rotatable bonds is 5. The van der Waals surface area contributed by atoms with E-state index in [2.05, 4.69) is 15.3 Å². The second-order valence-electron chi connectivity index (χ2n) is 5.67. The van der Waals surface area contributed by atoms with Crippen LogP contribution >= 0.6 is 0 Å². The first-order chi connectivity index (χ1) is 12.7. The van der Waals surface area contributed by atoms with E-state index in [4.69, 9.17) is 11.0 Å². The van der Waals surface area contributed by atoms with Gasteiger partial charge in [0.1, 0.15) is 29.3 Å². The number of nitrogens with one attached hydrogen (secondary N) is 2. The van der Waals surface area contributed by atoms with Crippen molar-refractivity contribution in [1.82, 2.24) is 9.97 Å². The largest absolute Gasteiger partial charge is 0.383 e. The Morgan fingerprint density at radius 2 is 1.88 bits per heavy atom. The fourth-order valence-electron chi connectivity index (χ4n) is 2.94. The van der Waals surface area contributed by atoms with Gasteiger partial charge in [-0.2, -0.15) is 15.8 Å². The molecule has 0 aliphatic heterocycles. The summed E-state index contributed by atoms with van der Waals surface area (Å²) in [7, 11) is 0. The summed E-state index contributed by atoms with van der Waals surface area (Å²) in [5.74, 6) is 0.320. The fraction of sp³-hybridized carbons (Fsp3) is 0.158. The van der Waals surface area contributed by atoms with E-state index in [1.807, 2.05) is 48.7 Å². The molecule has 7 nitrogen and oxygen atoms in total. The van der Waals surface area contributed by atoms with Crippen LogP contribution in [0.4, 0.5) is 11.6 Å². The molecule has 0 bridgehead atoms. The van der Waals surface area contributed by atoms with E-state index in [-0.39, 0.29) is 23.4 Å². The summed E-state index contributed by atoms with van der Waals surface area (Å²) < 4.78 is 0. The highest BCUT2D eigenvalue weighted by molar-refractivity contribution is 5.83. The summed E-state index contributed by atoms with van der Waals surface area (Å²) in [6, 6.07) is 13.9. The molecule has 3 rings (SSSR count). The Bertz CT molecular complexity index is 1090. The molecule has 2 aromatic heterocycles. The molecule has 4 N–H and O–H groups in total. The first-order valence-corrected chi connectivity index (χ1v) is 7.98. The van der Waals surface area contributed by atoms with Gasteiger partial charge in [-0.3, -0.25) is 0 Å². The molecule has 0 aliphatic carbocycles. The van der Waals surface area contributed by atoms with Gasteiger partial charge in [0.2, 0.25) is 0 Å².